The summed E-state index contributed by atoms with van der Waals surface area (Å²) in [4.78, 5) is 0.0981. The van der Waals surface area contributed by atoms with E-state index in [2.05, 4.69) is 0 Å². The standard InChI is InChI=1S/C12H16O5S2/c1-9-3-5-11(6-4-9)19(15,16)17-10-7-12(8-10)18(2,13)14/h3-6,10,12H,7-8H2,1-2H3/t10-,12-. The molecule has 0 bridgehead atoms. The van der Waals surface area contributed by atoms with Crippen LogP contribution >= 0.6 is 0 Å². The van der Waals surface area contributed by atoms with E-state index in [0.29, 0.717) is 0 Å². The Hall–Kier alpha value is -0.920. The SMILES string of the molecule is Cc1ccc(S(=O)(=O)O[C@H]2C[C@H](S(C)(=O)=O)C2)cc1. The van der Waals surface area contributed by atoms with Crippen LogP contribution in [0.1, 0.15) is 18.4 Å². The first kappa shape index (κ1) is 14.5. The minimum Gasteiger partial charge on any atom is -0.263 e. The van der Waals surface area contributed by atoms with Gasteiger partial charge in [-0.05, 0) is 31.9 Å². The molecule has 0 heterocycles. The molecule has 0 spiro atoms. The van der Waals surface area contributed by atoms with E-state index in [1.807, 2.05) is 6.92 Å². The van der Waals surface area contributed by atoms with Gasteiger partial charge in [0.1, 0.15) is 0 Å². The van der Waals surface area contributed by atoms with Crippen LogP contribution in [0.25, 0.3) is 0 Å². The summed E-state index contributed by atoms with van der Waals surface area (Å²) in [5.74, 6) is 0. The third-order valence-electron chi connectivity index (χ3n) is 3.23. The molecule has 0 atom stereocenters. The van der Waals surface area contributed by atoms with Gasteiger partial charge in [-0.2, -0.15) is 8.42 Å². The summed E-state index contributed by atoms with van der Waals surface area (Å²) in [7, 11) is -6.90. The molecule has 7 heteroatoms. The summed E-state index contributed by atoms with van der Waals surface area (Å²) >= 11 is 0. The fraction of sp³-hybridized carbons (Fsp3) is 0.500. The van der Waals surface area contributed by atoms with Crippen LogP contribution < -0.4 is 0 Å². The second-order valence-corrected chi connectivity index (χ2v) is 8.81. The molecule has 1 aromatic rings. The van der Waals surface area contributed by atoms with Crippen molar-refractivity contribution in [2.24, 2.45) is 0 Å². The van der Waals surface area contributed by atoms with Crippen LogP contribution in [0, 0.1) is 6.92 Å². The quantitative estimate of drug-likeness (QED) is 0.783. The van der Waals surface area contributed by atoms with Gasteiger partial charge in [0.25, 0.3) is 10.1 Å². The average molecular weight is 304 g/mol. The number of benzene rings is 1. The van der Waals surface area contributed by atoms with E-state index < -0.39 is 31.3 Å². The lowest BCUT2D eigenvalue weighted by Gasteiger charge is -2.32. The zero-order valence-corrected chi connectivity index (χ0v) is 12.4. The Kier molecular flexibility index (Phi) is 3.72. The normalized spacial score (nSPS) is 23.9. The summed E-state index contributed by atoms with van der Waals surface area (Å²) < 4.78 is 51.3. The zero-order valence-electron chi connectivity index (χ0n) is 10.7. The van der Waals surface area contributed by atoms with Gasteiger partial charge in [-0.3, -0.25) is 4.18 Å². The summed E-state index contributed by atoms with van der Waals surface area (Å²) in [5.41, 5.74) is 0.958. The second kappa shape index (κ2) is 4.88. The van der Waals surface area contributed by atoms with Gasteiger partial charge >= 0.3 is 0 Å². The molecule has 106 valence electrons. The van der Waals surface area contributed by atoms with Crippen molar-refractivity contribution in [3.8, 4) is 0 Å². The van der Waals surface area contributed by atoms with Crippen molar-refractivity contribution in [3.05, 3.63) is 29.8 Å². The highest BCUT2D eigenvalue weighted by Crippen LogP contribution is 2.31. The fourth-order valence-corrected chi connectivity index (χ4v) is 4.11. The summed E-state index contributed by atoms with van der Waals surface area (Å²) in [6.07, 6.45) is 1.10. The highest BCUT2D eigenvalue weighted by molar-refractivity contribution is 7.91. The molecule has 2 rings (SSSR count). The van der Waals surface area contributed by atoms with E-state index in [9.17, 15) is 16.8 Å². The topological polar surface area (TPSA) is 77.5 Å². The van der Waals surface area contributed by atoms with Crippen molar-refractivity contribution in [3.63, 3.8) is 0 Å². The van der Waals surface area contributed by atoms with Crippen molar-refractivity contribution in [2.45, 2.75) is 36.0 Å². The van der Waals surface area contributed by atoms with Gasteiger partial charge in [0.2, 0.25) is 0 Å². The zero-order chi connectivity index (χ0) is 14.3. The van der Waals surface area contributed by atoms with Crippen LogP contribution in [0.3, 0.4) is 0 Å². The van der Waals surface area contributed by atoms with Crippen LogP contribution in [-0.4, -0.2) is 34.4 Å². The molecule has 0 radical (unpaired) electrons. The van der Waals surface area contributed by atoms with Crippen LogP contribution in [0.4, 0.5) is 0 Å². The van der Waals surface area contributed by atoms with Crippen LogP contribution in [0.5, 0.6) is 0 Å². The number of hydrogen-bond donors (Lipinski definition) is 0. The molecule has 1 aliphatic carbocycles. The first-order chi connectivity index (χ1) is 8.68. The molecule has 19 heavy (non-hydrogen) atoms. The lowest BCUT2D eigenvalue weighted by atomic mass is 9.96. The molecule has 1 saturated carbocycles. The van der Waals surface area contributed by atoms with Gasteiger partial charge in [-0.25, -0.2) is 8.42 Å². The van der Waals surface area contributed by atoms with Gasteiger partial charge in [0.15, 0.2) is 9.84 Å². The maximum Gasteiger partial charge on any atom is 0.297 e. The molecule has 1 aromatic carbocycles. The first-order valence-corrected chi connectivity index (χ1v) is 9.23. The Balaban J connectivity index is 2.03. The fourth-order valence-electron chi connectivity index (χ4n) is 1.89. The van der Waals surface area contributed by atoms with Crippen molar-refractivity contribution >= 4 is 20.0 Å². The lowest BCUT2D eigenvalue weighted by molar-refractivity contribution is 0.130. The Bertz CT molecular complexity index is 653. The summed E-state index contributed by atoms with van der Waals surface area (Å²) in [6.45, 7) is 1.86. The largest absolute Gasteiger partial charge is 0.297 e. The average Bonchev–Trinajstić information content (AvgIpc) is 2.22. The van der Waals surface area contributed by atoms with Gasteiger partial charge in [-0.1, -0.05) is 17.7 Å². The minimum absolute atomic E-state index is 0.0981. The van der Waals surface area contributed by atoms with Crippen LogP contribution in [0.15, 0.2) is 29.2 Å². The molecule has 0 aliphatic heterocycles. The molecular weight excluding hydrogens is 288 g/mol. The molecule has 1 fully saturated rings. The maximum absolute atomic E-state index is 11.9. The molecule has 0 amide bonds. The van der Waals surface area contributed by atoms with E-state index >= 15 is 0 Å². The van der Waals surface area contributed by atoms with E-state index in [4.69, 9.17) is 4.18 Å². The predicted molar refractivity (Wildman–Crippen MR) is 71.1 cm³/mol. The Morgan fingerprint density at radius 2 is 1.58 bits per heavy atom. The third kappa shape index (κ3) is 3.34. The van der Waals surface area contributed by atoms with Crippen molar-refractivity contribution in [2.75, 3.05) is 6.26 Å². The minimum atomic E-state index is -3.80. The van der Waals surface area contributed by atoms with Crippen molar-refractivity contribution < 1.29 is 21.0 Å². The number of sulfone groups is 1. The van der Waals surface area contributed by atoms with E-state index in [-0.39, 0.29) is 17.7 Å². The Labute approximate surface area is 113 Å². The Morgan fingerprint density at radius 1 is 1.05 bits per heavy atom. The van der Waals surface area contributed by atoms with Gasteiger partial charge < -0.3 is 0 Å². The number of aryl methyl sites for hydroxylation is 1. The van der Waals surface area contributed by atoms with Gasteiger partial charge in [0.05, 0.1) is 16.2 Å². The highest BCUT2D eigenvalue weighted by Gasteiger charge is 2.39. The van der Waals surface area contributed by atoms with Crippen LogP contribution in [-0.2, 0) is 24.1 Å². The Morgan fingerprint density at radius 3 is 2.05 bits per heavy atom. The molecule has 5 nitrogen and oxygen atoms in total. The molecule has 0 unspecified atom stereocenters. The molecule has 0 N–H and O–H groups in total. The third-order valence-corrected chi connectivity index (χ3v) is 6.20. The number of hydrogen-bond acceptors (Lipinski definition) is 5. The van der Waals surface area contributed by atoms with E-state index in [1.165, 1.54) is 12.1 Å². The highest BCUT2D eigenvalue weighted by atomic mass is 32.2. The van der Waals surface area contributed by atoms with Gasteiger partial charge in [-0.15, -0.1) is 0 Å². The summed E-state index contributed by atoms with van der Waals surface area (Å²) in [5, 5.41) is -0.481. The van der Waals surface area contributed by atoms with Gasteiger partial charge in [0, 0.05) is 6.26 Å². The van der Waals surface area contributed by atoms with Crippen molar-refractivity contribution in [1.29, 1.82) is 0 Å². The molecule has 0 aromatic heterocycles. The molecular formula is C12H16O5S2. The van der Waals surface area contributed by atoms with E-state index in [1.54, 1.807) is 12.1 Å². The second-order valence-electron chi connectivity index (χ2n) is 4.91. The molecule has 1 aliphatic rings. The smallest absolute Gasteiger partial charge is 0.263 e. The maximum atomic E-state index is 11.9. The van der Waals surface area contributed by atoms with Crippen molar-refractivity contribution in [1.82, 2.24) is 0 Å². The summed E-state index contributed by atoms with van der Waals surface area (Å²) in [6, 6.07) is 6.35. The van der Waals surface area contributed by atoms with Crippen LogP contribution in [0.2, 0.25) is 0 Å². The van der Waals surface area contributed by atoms with E-state index in [0.717, 1.165) is 11.8 Å². The predicted octanol–water partition coefficient (Wildman–Crippen LogP) is 1.28. The first-order valence-electron chi connectivity index (χ1n) is 5.87. The monoisotopic (exact) mass is 304 g/mol. The molecule has 0 saturated heterocycles. The number of rotatable bonds is 4. The lowest BCUT2D eigenvalue weighted by Crippen LogP contribution is -2.41.